The van der Waals surface area contributed by atoms with Crippen molar-refractivity contribution < 1.29 is 27.5 Å². The maximum atomic E-state index is 13.6. The lowest BCUT2D eigenvalue weighted by molar-refractivity contribution is -0.117. The van der Waals surface area contributed by atoms with Gasteiger partial charge in [-0.3, -0.25) is 14.2 Å². The molecule has 3 aliphatic carbocycles. The fourth-order valence-corrected chi connectivity index (χ4v) is 9.56. The average molecular weight is 669 g/mol. The first-order valence-electron chi connectivity index (χ1n) is 16.0. The Morgan fingerprint density at radius 2 is 1.93 bits per heavy atom. The van der Waals surface area contributed by atoms with Gasteiger partial charge in [-0.25, -0.2) is 8.42 Å². The van der Waals surface area contributed by atoms with Crippen LogP contribution in [0.1, 0.15) is 70.9 Å². The third-order valence-electron chi connectivity index (χ3n) is 9.58. The van der Waals surface area contributed by atoms with Crippen molar-refractivity contribution in [3.05, 3.63) is 46.1 Å². The molecule has 0 radical (unpaired) electrons. The van der Waals surface area contributed by atoms with Crippen molar-refractivity contribution in [2.75, 3.05) is 42.5 Å². The number of benzene rings is 1. The van der Waals surface area contributed by atoms with Crippen molar-refractivity contribution in [3.8, 4) is 11.5 Å². The molecule has 0 spiro atoms. The lowest BCUT2D eigenvalue weighted by atomic mass is 9.91. The number of carbonyl (C=O) groups excluding carboxylic acids is 2. The van der Waals surface area contributed by atoms with Crippen molar-refractivity contribution in [1.29, 1.82) is 0 Å². The van der Waals surface area contributed by atoms with E-state index in [0.717, 1.165) is 54.5 Å². The Morgan fingerprint density at radius 1 is 1.11 bits per heavy atom. The van der Waals surface area contributed by atoms with Gasteiger partial charge in [-0.05, 0) is 75.0 Å². The van der Waals surface area contributed by atoms with Crippen molar-refractivity contribution in [2.45, 2.75) is 70.0 Å². The molecule has 2 N–H and O–H groups in total. The highest BCUT2D eigenvalue weighted by atomic mass is 32.2. The van der Waals surface area contributed by atoms with Gasteiger partial charge in [0.25, 0.3) is 5.91 Å². The van der Waals surface area contributed by atoms with E-state index in [1.165, 1.54) is 11.3 Å². The number of fused-ring (bicyclic) bond motifs is 1. The molecule has 1 aromatic carbocycles. The number of thiophene rings is 1. The van der Waals surface area contributed by atoms with Crippen LogP contribution in [0.2, 0.25) is 0 Å². The molecule has 2 amide bonds. The zero-order valence-corrected chi connectivity index (χ0v) is 27.8. The summed E-state index contributed by atoms with van der Waals surface area (Å²) in [7, 11) is 0.0143. The number of aryl methyl sites for hydroxylation is 1. The summed E-state index contributed by atoms with van der Waals surface area (Å²) < 4.78 is 38.4. The van der Waals surface area contributed by atoms with Crippen molar-refractivity contribution in [2.24, 2.45) is 11.8 Å². The Kier molecular flexibility index (Phi) is 8.43. The molecule has 7 rings (SSSR count). The molecule has 3 aromatic rings. The van der Waals surface area contributed by atoms with E-state index in [0.29, 0.717) is 59.9 Å². The Bertz CT molecular complexity index is 1740. The van der Waals surface area contributed by atoms with Gasteiger partial charge < -0.3 is 25.0 Å². The molecule has 3 heterocycles. The summed E-state index contributed by atoms with van der Waals surface area (Å²) in [5, 5.41) is 15.7. The van der Waals surface area contributed by atoms with Gasteiger partial charge >= 0.3 is 0 Å². The Morgan fingerprint density at radius 3 is 2.63 bits per heavy atom. The lowest BCUT2D eigenvalue weighted by Crippen LogP contribution is -2.38. The van der Waals surface area contributed by atoms with Crippen LogP contribution in [0.4, 0.5) is 10.9 Å². The van der Waals surface area contributed by atoms with Crippen LogP contribution >= 0.6 is 11.3 Å². The minimum Gasteiger partial charge on any atom is -0.497 e. The van der Waals surface area contributed by atoms with Gasteiger partial charge in [0, 0.05) is 47.6 Å². The summed E-state index contributed by atoms with van der Waals surface area (Å²) in [5.41, 5.74) is 2.42. The van der Waals surface area contributed by atoms with Gasteiger partial charge in [0.15, 0.2) is 9.84 Å². The Balaban J connectivity index is 1.20. The second-order valence-electron chi connectivity index (χ2n) is 12.9. The summed E-state index contributed by atoms with van der Waals surface area (Å²) in [6, 6.07) is 5.26. The predicted molar refractivity (Wildman–Crippen MR) is 175 cm³/mol. The van der Waals surface area contributed by atoms with Crippen molar-refractivity contribution >= 4 is 43.9 Å². The zero-order chi connectivity index (χ0) is 32.0. The van der Waals surface area contributed by atoms with Gasteiger partial charge in [0.05, 0.1) is 31.3 Å². The first-order chi connectivity index (χ1) is 22.2. The third-order valence-corrected chi connectivity index (χ3v) is 12.5. The molecule has 12 nitrogen and oxygen atoms in total. The summed E-state index contributed by atoms with van der Waals surface area (Å²) >= 11 is 1.52. The molecule has 1 aliphatic heterocycles. The molecule has 1 unspecified atom stereocenters. The van der Waals surface area contributed by atoms with Crippen LogP contribution in [-0.2, 0) is 34.0 Å². The number of sulfone groups is 1. The molecule has 46 heavy (non-hydrogen) atoms. The normalized spacial score (nSPS) is 21.8. The Hall–Kier alpha value is -3.65. The van der Waals surface area contributed by atoms with Crippen LogP contribution < -0.4 is 25.0 Å². The maximum Gasteiger partial charge on any atom is 0.254 e. The van der Waals surface area contributed by atoms with E-state index >= 15 is 0 Å². The van der Waals surface area contributed by atoms with Crippen molar-refractivity contribution in [1.82, 2.24) is 20.1 Å². The maximum absolute atomic E-state index is 13.6. The smallest absolute Gasteiger partial charge is 0.254 e. The number of amides is 2. The van der Waals surface area contributed by atoms with Crippen LogP contribution in [0.25, 0.3) is 0 Å². The highest BCUT2D eigenvalue weighted by Gasteiger charge is 2.38. The van der Waals surface area contributed by atoms with Crippen LogP contribution in [0.5, 0.6) is 11.5 Å². The number of nitrogens with one attached hydrogen (secondary N) is 2. The van der Waals surface area contributed by atoms with E-state index in [9.17, 15) is 18.0 Å². The number of anilines is 2. The number of ether oxygens (including phenoxy) is 2. The summed E-state index contributed by atoms with van der Waals surface area (Å²) in [4.78, 5) is 29.6. The number of rotatable bonds is 12. The molecule has 0 bridgehead atoms. The minimum absolute atomic E-state index is 0.0106. The number of methoxy groups -OCH3 is 2. The first-order valence-corrected chi connectivity index (χ1v) is 18.7. The summed E-state index contributed by atoms with van der Waals surface area (Å²) in [6.45, 7) is 1.02. The van der Waals surface area contributed by atoms with Gasteiger partial charge in [-0.2, -0.15) is 0 Å². The molecular weight excluding hydrogens is 629 g/mol. The van der Waals surface area contributed by atoms with E-state index in [1.807, 2.05) is 27.7 Å². The second-order valence-corrected chi connectivity index (χ2v) is 16.3. The number of aromatic nitrogens is 3. The second kappa shape index (κ2) is 12.5. The van der Waals surface area contributed by atoms with E-state index < -0.39 is 9.84 Å². The predicted octanol–water partition coefficient (Wildman–Crippen LogP) is 3.77. The fraction of sp³-hybridized carbons (Fsp3) is 0.562. The van der Waals surface area contributed by atoms with E-state index in [4.69, 9.17) is 9.47 Å². The molecule has 14 heteroatoms. The molecule has 246 valence electrons. The lowest BCUT2D eigenvalue weighted by Gasteiger charge is -2.33. The fourth-order valence-electron chi connectivity index (χ4n) is 6.59. The number of hydrogen-bond acceptors (Lipinski definition) is 10. The topological polar surface area (TPSA) is 145 Å². The van der Waals surface area contributed by atoms with E-state index in [1.54, 1.807) is 20.5 Å². The monoisotopic (exact) mass is 668 g/mol. The largest absolute Gasteiger partial charge is 0.497 e. The zero-order valence-electron chi connectivity index (χ0n) is 26.2. The van der Waals surface area contributed by atoms with Crippen LogP contribution in [0, 0.1) is 11.8 Å². The highest BCUT2D eigenvalue weighted by molar-refractivity contribution is 7.91. The average Bonchev–Trinajstić information content (AvgIpc) is 3.96. The molecule has 3 fully saturated rings. The molecule has 2 saturated carbocycles. The van der Waals surface area contributed by atoms with E-state index in [2.05, 4.69) is 20.8 Å². The molecule has 2 aromatic heterocycles. The summed E-state index contributed by atoms with van der Waals surface area (Å²) in [6.07, 6.45) is 8.35. The number of carbonyl (C=O) groups is 2. The number of hydrogen-bond donors (Lipinski definition) is 2. The minimum atomic E-state index is -3.19. The van der Waals surface area contributed by atoms with Gasteiger partial charge in [-0.15, -0.1) is 21.5 Å². The molecular formula is C32H40N6O6S2. The third kappa shape index (κ3) is 6.46. The molecule has 4 aliphatic rings. The van der Waals surface area contributed by atoms with E-state index in [-0.39, 0.29) is 41.3 Å². The van der Waals surface area contributed by atoms with Crippen LogP contribution in [-0.4, -0.2) is 73.3 Å². The quantitative estimate of drug-likeness (QED) is 0.295. The first kappa shape index (κ1) is 31.0. The van der Waals surface area contributed by atoms with Gasteiger partial charge in [-0.1, -0.05) is 0 Å². The molecule has 1 saturated heterocycles. The Labute approximate surface area is 272 Å². The summed E-state index contributed by atoms with van der Waals surface area (Å²) in [5.74, 6) is 2.47. The highest BCUT2D eigenvalue weighted by Crippen LogP contribution is 2.43. The standard InChI is InChI=1S/C32H40N6O6S2/c1-43-24-9-7-21(26(14-24)44-2)16-37(23-11-12-46(41,42)17-23)32-36-34-18-38(32)22-8-10-27-25(13-22)28(30(40)33-15-19-3-4-19)31(45-27)35-29(39)20-5-6-20/h7,9,14,18-20,22-23H,3-6,8,10-13,15-17H2,1-2H3,(H,33,40)(H,35,39)/t22-,23?/m0/s1. The van der Waals surface area contributed by atoms with Gasteiger partial charge in [0.2, 0.25) is 11.9 Å². The number of nitrogens with zero attached hydrogens (tertiary/aromatic N) is 4. The van der Waals surface area contributed by atoms with Crippen LogP contribution in [0.15, 0.2) is 24.5 Å². The molecule has 2 atom stereocenters. The SMILES string of the molecule is COc1ccc(CN(c2nncn2[C@H]2CCc3sc(NC(=O)C4CC4)c(C(=O)NCC4CC4)c3C2)C2CCS(=O)(=O)C2)c(OC)c1. The van der Waals surface area contributed by atoms with Crippen LogP contribution in [0.3, 0.4) is 0 Å². The van der Waals surface area contributed by atoms with Gasteiger partial charge in [0.1, 0.15) is 22.8 Å². The van der Waals surface area contributed by atoms with Crippen molar-refractivity contribution in [3.63, 3.8) is 0 Å².